The van der Waals surface area contributed by atoms with Gasteiger partial charge in [-0.1, -0.05) is 18.6 Å². The molecule has 4 nitrogen and oxygen atoms in total. The van der Waals surface area contributed by atoms with Gasteiger partial charge < -0.3 is 9.47 Å². The summed E-state index contributed by atoms with van der Waals surface area (Å²) in [7, 11) is 0. The molecule has 0 fully saturated rings. The summed E-state index contributed by atoms with van der Waals surface area (Å²) in [5.74, 6) is -0.473. The van der Waals surface area contributed by atoms with E-state index in [9.17, 15) is 9.59 Å². The van der Waals surface area contributed by atoms with Crippen molar-refractivity contribution >= 4 is 11.9 Å². The molecule has 0 aliphatic carbocycles. The maximum Gasteiger partial charge on any atom is 0.310 e. The maximum absolute atomic E-state index is 11.1. The Balaban J connectivity index is 3.39. The fourth-order valence-corrected chi connectivity index (χ4v) is 1.12. The van der Waals surface area contributed by atoms with Gasteiger partial charge in [-0.05, 0) is 26.7 Å². The van der Waals surface area contributed by atoms with E-state index in [0.29, 0.717) is 12.8 Å². The zero-order valence-corrected chi connectivity index (χ0v) is 10.5. The number of unbranched alkanes of at least 4 members (excludes halogenated alkanes) is 2. The minimum atomic E-state index is -0.236. The number of rotatable bonds is 8. The van der Waals surface area contributed by atoms with Gasteiger partial charge in [0.1, 0.15) is 0 Å². The molecule has 0 spiro atoms. The lowest BCUT2D eigenvalue weighted by Crippen LogP contribution is -2.01. The molecule has 0 saturated heterocycles. The number of carbonyl (C=O) groups is 2. The number of allylic oxidation sites excluding steroid dienone is 2. The zero-order chi connectivity index (χ0) is 12.9. The second-order valence-corrected chi connectivity index (χ2v) is 3.48. The van der Waals surface area contributed by atoms with Gasteiger partial charge in [0.05, 0.1) is 12.5 Å². The molecule has 0 bridgehead atoms. The molecule has 0 amide bonds. The maximum atomic E-state index is 11.1. The van der Waals surface area contributed by atoms with Crippen molar-refractivity contribution in [3.8, 4) is 0 Å². The Morgan fingerprint density at radius 2 is 1.24 bits per heavy atom. The molecule has 0 aliphatic heterocycles. The average Bonchev–Trinajstić information content (AvgIpc) is 2.33. The van der Waals surface area contributed by atoms with Crippen LogP contribution in [0.2, 0.25) is 0 Å². The Morgan fingerprint density at radius 1 is 0.824 bits per heavy atom. The van der Waals surface area contributed by atoms with Gasteiger partial charge in [-0.25, -0.2) is 0 Å². The van der Waals surface area contributed by atoms with Crippen LogP contribution in [0.5, 0.6) is 0 Å². The van der Waals surface area contributed by atoms with Gasteiger partial charge in [-0.15, -0.1) is 0 Å². The number of hydrogen-bond donors (Lipinski definition) is 0. The molecule has 0 unspecified atom stereocenters. The van der Waals surface area contributed by atoms with Gasteiger partial charge in [0.15, 0.2) is 0 Å². The molecule has 0 atom stereocenters. The molecule has 0 N–H and O–H groups in total. The highest BCUT2D eigenvalue weighted by molar-refractivity contribution is 5.70. The number of esters is 2. The van der Waals surface area contributed by atoms with E-state index in [1.54, 1.807) is 26.0 Å². The first kappa shape index (κ1) is 15.4. The third kappa shape index (κ3) is 10.7. The van der Waals surface area contributed by atoms with Crippen molar-refractivity contribution in [2.75, 3.05) is 0 Å². The lowest BCUT2D eigenvalue weighted by atomic mass is 10.1. The van der Waals surface area contributed by atoms with Crippen LogP contribution in [0.25, 0.3) is 0 Å². The average molecular weight is 240 g/mol. The van der Waals surface area contributed by atoms with Gasteiger partial charge in [-0.3, -0.25) is 9.59 Å². The summed E-state index contributed by atoms with van der Waals surface area (Å²) in [6.45, 7) is 3.56. The highest BCUT2D eigenvalue weighted by Crippen LogP contribution is 2.05. The van der Waals surface area contributed by atoms with Crippen molar-refractivity contribution in [2.24, 2.45) is 0 Å². The molecule has 17 heavy (non-hydrogen) atoms. The Hall–Kier alpha value is -1.58. The van der Waals surface area contributed by atoms with Crippen LogP contribution < -0.4 is 0 Å². The largest absolute Gasteiger partial charge is 0.435 e. The molecule has 0 saturated carbocycles. The van der Waals surface area contributed by atoms with E-state index in [0.717, 1.165) is 19.3 Å². The first-order valence-electron chi connectivity index (χ1n) is 5.82. The molecular formula is C13H20O4. The molecule has 0 rings (SSSR count). The predicted molar refractivity (Wildman–Crippen MR) is 64.9 cm³/mol. The molecule has 96 valence electrons. The van der Waals surface area contributed by atoms with Crippen LogP contribution in [0, 0.1) is 0 Å². The number of ether oxygens (including phenoxy) is 2. The van der Waals surface area contributed by atoms with Crippen molar-refractivity contribution in [1.29, 1.82) is 0 Å². The molecule has 0 aliphatic rings. The van der Waals surface area contributed by atoms with Crippen LogP contribution in [-0.4, -0.2) is 11.9 Å². The van der Waals surface area contributed by atoms with Gasteiger partial charge in [0.25, 0.3) is 0 Å². The van der Waals surface area contributed by atoms with Crippen LogP contribution in [-0.2, 0) is 19.1 Å². The summed E-state index contributed by atoms with van der Waals surface area (Å²) in [5, 5.41) is 0. The van der Waals surface area contributed by atoms with Crippen LogP contribution in [0.3, 0.4) is 0 Å². The Bertz CT molecular complexity index is 251. The Labute approximate surface area is 102 Å². The molecule has 0 aromatic heterocycles. The first-order valence-corrected chi connectivity index (χ1v) is 5.82. The number of hydrogen-bond acceptors (Lipinski definition) is 4. The Morgan fingerprint density at radius 3 is 1.59 bits per heavy atom. The minimum absolute atomic E-state index is 0.236. The molecular weight excluding hydrogens is 220 g/mol. The van der Waals surface area contributed by atoms with Crippen LogP contribution in [0.1, 0.15) is 46.0 Å². The fourth-order valence-electron chi connectivity index (χ4n) is 1.12. The summed E-state index contributed by atoms with van der Waals surface area (Å²) in [5.41, 5.74) is 0. The SMILES string of the molecule is CC=COC(=O)CCCCCC(=O)OC=CC. The number of carbonyl (C=O) groups excluding carboxylic acids is 2. The quantitative estimate of drug-likeness (QED) is 0.371. The second-order valence-electron chi connectivity index (χ2n) is 3.48. The highest BCUT2D eigenvalue weighted by atomic mass is 16.5. The minimum Gasteiger partial charge on any atom is -0.435 e. The summed E-state index contributed by atoms with van der Waals surface area (Å²) >= 11 is 0. The second kappa shape index (κ2) is 10.9. The van der Waals surface area contributed by atoms with E-state index < -0.39 is 0 Å². The third-order valence-corrected chi connectivity index (χ3v) is 1.93. The zero-order valence-electron chi connectivity index (χ0n) is 10.5. The van der Waals surface area contributed by atoms with E-state index in [2.05, 4.69) is 0 Å². The first-order chi connectivity index (χ1) is 8.20. The van der Waals surface area contributed by atoms with E-state index >= 15 is 0 Å². The fraction of sp³-hybridized carbons (Fsp3) is 0.538. The van der Waals surface area contributed by atoms with Gasteiger partial charge >= 0.3 is 11.9 Å². The standard InChI is InChI=1S/C13H20O4/c1-3-10-16-12(14)8-6-5-7-9-13(15)17-11-4-2/h3-4,10-11H,5-9H2,1-2H3. The molecule has 0 heterocycles. The van der Waals surface area contributed by atoms with Crippen molar-refractivity contribution in [2.45, 2.75) is 46.0 Å². The summed E-state index contributed by atoms with van der Waals surface area (Å²) < 4.78 is 9.50. The normalized spacial score (nSPS) is 10.9. The molecule has 0 aromatic carbocycles. The van der Waals surface area contributed by atoms with E-state index in [1.165, 1.54) is 12.5 Å². The van der Waals surface area contributed by atoms with E-state index in [-0.39, 0.29) is 11.9 Å². The van der Waals surface area contributed by atoms with E-state index in [4.69, 9.17) is 9.47 Å². The van der Waals surface area contributed by atoms with Gasteiger partial charge in [0, 0.05) is 12.8 Å². The third-order valence-electron chi connectivity index (χ3n) is 1.93. The molecule has 4 heteroatoms. The predicted octanol–water partition coefficient (Wildman–Crippen LogP) is 3.09. The highest BCUT2D eigenvalue weighted by Gasteiger charge is 2.03. The van der Waals surface area contributed by atoms with Crippen LogP contribution in [0.15, 0.2) is 24.7 Å². The monoisotopic (exact) mass is 240 g/mol. The lowest BCUT2D eigenvalue weighted by Gasteiger charge is -2.00. The van der Waals surface area contributed by atoms with Crippen molar-refractivity contribution in [3.05, 3.63) is 24.7 Å². The Kier molecular flexibility index (Phi) is 9.91. The summed E-state index contributed by atoms with van der Waals surface area (Å²) in [4.78, 5) is 22.1. The summed E-state index contributed by atoms with van der Waals surface area (Å²) in [6.07, 6.45) is 9.11. The van der Waals surface area contributed by atoms with E-state index in [1.807, 2.05) is 0 Å². The van der Waals surface area contributed by atoms with Crippen molar-refractivity contribution < 1.29 is 19.1 Å². The molecule has 0 aromatic rings. The van der Waals surface area contributed by atoms with Gasteiger partial charge in [0.2, 0.25) is 0 Å². The molecule has 0 radical (unpaired) electrons. The lowest BCUT2D eigenvalue weighted by molar-refractivity contribution is -0.138. The topological polar surface area (TPSA) is 52.6 Å². The van der Waals surface area contributed by atoms with Crippen molar-refractivity contribution in [1.82, 2.24) is 0 Å². The van der Waals surface area contributed by atoms with Crippen LogP contribution in [0.4, 0.5) is 0 Å². The smallest absolute Gasteiger partial charge is 0.310 e. The summed E-state index contributed by atoms with van der Waals surface area (Å²) in [6, 6.07) is 0. The van der Waals surface area contributed by atoms with Crippen LogP contribution >= 0.6 is 0 Å². The van der Waals surface area contributed by atoms with Crippen molar-refractivity contribution in [3.63, 3.8) is 0 Å². The van der Waals surface area contributed by atoms with Gasteiger partial charge in [-0.2, -0.15) is 0 Å².